The molecule has 2 aliphatic rings. The molecule has 1 aliphatic heterocycles. The summed E-state index contributed by atoms with van der Waals surface area (Å²) in [6.07, 6.45) is 3.51. The number of amides is 2. The van der Waals surface area contributed by atoms with Gasteiger partial charge < -0.3 is 10.2 Å². The lowest BCUT2D eigenvalue weighted by Gasteiger charge is -2.37. The van der Waals surface area contributed by atoms with Gasteiger partial charge in [0.2, 0.25) is 5.91 Å². The van der Waals surface area contributed by atoms with Gasteiger partial charge in [0.05, 0.1) is 6.04 Å². The first-order valence-corrected chi connectivity index (χ1v) is 11.9. The zero-order valence-electron chi connectivity index (χ0n) is 18.7. The molecule has 0 fully saturated rings. The highest BCUT2D eigenvalue weighted by molar-refractivity contribution is 6.30. The number of benzene rings is 3. The molecule has 2 unspecified atom stereocenters. The van der Waals surface area contributed by atoms with Gasteiger partial charge in [-0.15, -0.1) is 0 Å². The number of hydrogen-bond acceptors (Lipinski definition) is 2. The van der Waals surface area contributed by atoms with Crippen molar-refractivity contribution in [2.75, 3.05) is 0 Å². The molecule has 1 heterocycles. The van der Waals surface area contributed by atoms with E-state index in [1.807, 2.05) is 18.2 Å². The van der Waals surface area contributed by atoms with E-state index in [1.165, 1.54) is 16.7 Å². The van der Waals surface area contributed by atoms with Crippen molar-refractivity contribution in [3.8, 4) is 0 Å². The average molecular weight is 459 g/mol. The standard InChI is InChI=1S/C28H27ClN2O2/c1-18-9-10-19-7-4-8-25(24(19)15-18)30-27(32)26-16-21-5-2-3-6-22(21)17-31(26)28(33)20-11-13-23(29)14-12-20/h2-3,5-6,9-15,25-26H,4,7-8,16-17H2,1H3,(H,30,32). The van der Waals surface area contributed by atoms with Crippen LogP contribution in [0.3, 0.4) is 0 Å². The van der Waals surface area contributed by atoms with Crippen molar-refractivity contribution in [2.24, 2.45) is 0 Å². The third kappa shape index (κ3) is 4.40. The molecule has 2 atom stereocenters. The van der Waals surface area contributed by atoms with Crippen LogP contribution < -0.4 is 5.32 Å². The second kappa shape index (κ2) is 9.03. The largest absolute Gasteiger partial charge is 0.347 e. The van der Waals surface area contributed by atoms with Gasteiger partial charge >= 0.3 is 0 Å². The molecule has 0 radical (unpaired) electrons. The van der Waals surface area contributed by atoms with Crippen LogP contribution in [0.25, 0.3) is 0 Å². The van der Waals surface area contributed by atoms with Crippen LogP contribution in [0.4, 0.5) is 0 Å². The van der Waals surface area contributed by atoms with E-state index in [2.05, 4.69) is 36.5 Å². The van der Waals surface area contributed by atoms with Gasteiger partial charge in [-0.2, -0.15) is 0 Å². The Balaban J connectivity index is 1.44. The summed E-state index contributed by atoms with van der Waals surface area (Å²) in [4.78, 5) is 28.8. The van der Waals surface area contributed by atoms with E-state index >= 15 is 0 Å². The quantitative estimate of drug-likeness (QED) is 0.570. The maximum absolute atomic E-state index is 13.6. The number of carbonyl (C=O) groups excluding carboxylic acids is 2. The van der Waals surface area contributed by atoms with Crippen molar-refractivity contribution >= 4 is 23.4 Å². The number of rotatable bonds is 3. The minimum absolute atomic E-state index is 0.0224. The Morgan fingerprint density at radius 3 is 2.52 bits per heavy atom. The fourth-order valence-corrected chi connectivity index (χ4v) is 5.19. The van der Waals surface area contributed by atoms with Crippen LogP contribution in [0.2, 0.25) is 5.02 Å². The lowest BCUT2D eigenvalue weighted by atomic mass is 9.86. The summed E-state index contributed by atoms with van der Waals surface area (Å²) in [5, 5.41) is 3.87. The summed E-state index contributed by atoms with van der Waals surface area (Å²) in [5.74, 6) is -0.243. The van der Waals surface area contributed by atoms with E-state index in [0.29, 0.717) is 23.6 Å². The maximum atomic E-state index is 13.6. The third-order valence-electron chi connectivity index (χ3n) is 6.84. The first-order chi connectivity index (χ1) is 16.0. The topological polar surface area (TPSA) is 49.4 Å². The third-order valence-corrected chi connectivity index (χ3v) is 7.09. The van der Waals surface area contributed by atoms with Crippen LogP contribution in [0, 0.1) is 6.92 Å². The van der Waals surface area contributed by atoms with E-state index in [-0.39, 0.29) is 17.9 Å². The van der Waals surface area contributed by atoms with E-state index in [9.17, 15) is 9.59 Å². The molecule has 5 rings (SSSR count). The monoisotopic (exact) mass is 458 g/mol. The number of hydrogen-bond donors (Lipinski definition) is 1. The molecule has 0 aromatic heterocycles. The summed E-state index contributed by atoms with van der Waals surface area (Å²) < 4.78 is 0. The first-order valence-electron chi connectivity index (χ1n) is 11.5. The second-order valence-electron chi connectivity index (χ2n) is 9.08. The van der Waals surface area contributed by atoms with E-state index < -0.39 is 6.04 Å². The highest BCUT2D eigenvalue weighted by atomic mass is 35.5. The molecule has 3 aromatic carbocycles. The highest BCUT2D eigenvalue weighted by Crippen LogP contribution is 2.32. The normalized spacial score (nSPS) is 19.4. The second-order valence-corrected chi connectivity index (χ2v) is 9.52. The zero-order valence-corrected chi connectivity index (χ0v) is 19.4. The number of carbonyl (C=O) groups is 2. The summed E-state index contributed by atoms with van der Waals surface area (Å²) in [7, 11) is 0. The summed E-state index contributed by atoms with van der Waals surface area (Å²) >= 11 is 6.02. The number of fused-ring (bicyclic) bond motifs is 2. The van der Waals surface area contributed by atoms with Crippen molar-refractivity contribution < 1.29 is 9.59 Å². The summed E-state index contributed by atoms with van der Waals surface area (Å²) in [6.45, 7) is 2.49. The van der Waals surface area contributed by atoms with Gasteiger partial charge in [-0.1, -0.05) is 59.6 Å². The van der Waals surface area contributed by atoms with Crippen molar-refractivity contribution in [1.82, 2.24) is 10.2 Å². The first kappa shape index (κ1) is 21.7. The maximum Gasteiger partial charge on any atom is 0.254 e. The van der Waals surface area contributed by atoms with Crippen LogP contribution in [-0.2, 0) is 24.2 Å². The molecule has 0 saturated heterocycles. The number of halogens is 1. The summed E-state index contributed by atoms with van der Waals surface area (Å²) in [5.41, 5.74) is 6.46. The van der Waals surface area contributed by atoms with Gasteiger partial charge in [0.1, 0.15) is 6.04 Å². The lowest BCUT2D eigenvalue weighted by Crippen LogP contribution is -2.53. The minimum Gasteiger partial charge on any atom is -0.347 e. The van der Waals surface area contributed by atoms with Crippen molar-refractivity contribution in [3.63, 3.8) is 0 Å². The fourth-order valence-electron chi connectivity index (χ4n) is 5.07. The molecule has 168 valence electrons. The Morgan fingerprint density at radius 2 is 1.73 bits per heavy atom. The molecule has 2 amide bonds. The molecular weight excluding hydrogens is 432 g/mol. The van der Waals surface area contributed by atoms with Crippen LogP contribution in [0.1, 0.15) is 57.1 Å². The predicted octanol–water partition coefficient (Wildman–Crippen LogP) is 5.41. The molecular formula is C28H27ClN2O2. The van der Waals surface area contributed by atoms with Gasteiger partial charge in [-0.25, -0.2) is 0 Å². The van der Waals surface area contributed by atoms with Crippen molar-refractivity contribution in [1.29, 1.82) is 0 Å². The fraction of sp³-hybridized carbons (Fsp3) is 0.286. The molecule has 5 heteroatoms. The van der Waals surface area contributed by atoms with E-state index in [1.54, 1.807) is 29.2 Å². The number of nitrogens with zero attached hydrogens (tertiary/aromatic N) is 1. The van der Waals surface area contributed by atoms with Crippen LogP contribution in [0.5, 0.6) is 0 Å². The lowest BCUT2D eigenvalue weighted by molar-refractivity contribution is -0.127. The Bertz CT molecular complexity index is 1200. The van der Waals surface area contributed by atoms with Crippen molar-refractivity contribution in [3.05, 3.63) is 105 Å². The SMILES string of the molecule is Cc1ccc2c(c1)C(NC(=O)C1Cc3ccccc3CN1C(=O)c1ccc(Cl)cc1)CCC2. The molecule has 4 nitrogen and oxygen atoms in total. The highest BCUT2D eigenvalue weighted by Gasteiger charge is 2.36. The number of aryl methyl sites for hydroxylation is 2. The van der Waals surface area contributed by atoms with Gasteiger partial charge in [0, 0.05) is 23.6 Å². The Morgan fingerprint density at radius 1 is 0.970 bits per heavy atom. The zero-order chi connectivity index (χ0) is 22.9. The molecule has 1 aliphatic carbocycles. The number of nitrogens with one attached hydrogen (secondary N) is 1. The van der Waals surface area contributed by atoms with Gasteiger partial charge in [-0.05, 0) is 72.7 Å². The molecule has 1 N–H and O–H groups in total. The predicted molar refractivity (Wildman–Crippen MR) is 130 cm³/mol. The Hall–Kier alpha value is -3.11. The molecule has 0 bridgehead atoms. The van der Waals surface area contributed by atoms with Crippen LogP contribution in [-0.4, -0.2) is 22.8 Å². The summed E-state index contributed by atoms with van der Waals surface area (Å²) in [6, 6.07) is 20.8. The van der Waals surface area contributed by atoms with Gasteiger partial charge in [0.15, 0.2) is 0 Å². The Labute approximate surface area is 199 Å². The van der Waals surface area contributed by atoms with Crippen molar-refractivity contribution in [2.45, 2.75) is 51.2 Å². The molecule has 3 aromatic rings. The minimum atomic E-state index is -0.557. The van der Waals surface area contributed by atoms with Gasteiger partial charge in [0.25, 0.3) is 5.91 Å². The van der Waals surface area contributed by atoms with Crippen LogP contribution in [0.15, 0.2) is 66.7 Å². The molecule has 0 saturated carbocycles. The average Bonchev–Trinajstić information content (AvgIpc) is 2.83. The van der Waals surface area contributed by atoms with E-state index in [4.69, 9.17) is 11.6 Å². The van der Waals surface area contributed by atoms with Gasteiger partial charge in [-0.3, -0.25) is 9.59 Å². The molecule has 33 heavy (non-hydrogen) atoms. The van der Waals surface area contributed by atoms with Crippen LogP contribution >= 0.6 is 11.6 Å². The van der Waals surface area contributed by atoms with E-state index in [0.717, 1.165) is 30.4 Å². The molecule has 0 spiro atoms. The Kier molecular flexibility index (Phi) is 5.94. The smallest absolute Gasteiger partial charge is 0.254 e.